The minimum atomic E-state index is -0.775. The predicted octanol–water partition coefficient (Wildman–Crippen LogP) is 2.87. The van der Waals surface area contributed by atoms with Crippen LogP contribution < -0.4 is 5.73 Å². The van der Waals surface area contributed by atoms with E-state index >= 15 is 0 Å². The number of halogens is 2. The molecule has 0 spiro atoms. The van der Waals surface area contributed by atoms with E-state index in [4.69, 9.17) is 5.73 Å². The Kier molecular flexibility index (Phi) is 3.42. The van der Waals surface area contributed by atoms with E-state index in [-0.39, 0.29) is 11.1 Å². The lowest BCUT2D eigenvalue weighted by molar-refractivity contribution is -0.112. The molecule has 0 saturated carbocycles. The number of hydrogen-bond donors (Lipinski definition) is 2. The maximum absolute atomic E-state index is 13.3. The first-order valence-corrected chi connectivity index (χ1v) is 6.44. The average Bonchev–Trinajstić information content (AvgIpc) is 2.86. The molecule has 2 heterocycles. The van der Waals surface area contributed by atoms with E-state index < -0.39 is 17.5 Å². The summed E-state index contributed by atoms with van der Waals surface area (Å²) in [6.07, 6.45) is 4.76. The number of aromatic nitrogens is 2. The van der Waals surface area contributed by atoms with E-state index in [1.807, 2.05) is 6.07 Å². The number of carbonyl (C=O) groups excluding carboxylic acids is 1. The van der Waals surface area contributed by atoms with Crippen molar-refractivity contribution < 1.29 is 13.6 Å². The number of amides is 1. The first kappa shape index (κ1) is 13.9. The first-order valence-electron chi connectivity index (χ1n) is 6.44. The number of benzene rings is 1. The van der Waals surface area contributed by atoms with Crippen molar-refractivity contribution in [1.29, 1.82) is 0 Å². The van der Waals surface area contributed by atoms with Crippen molar-refractivity contribution in [1.82, 2.24) is 9.97 Å². The van der Waals surface area contributed by atoms with Gasteiger partial charge in [-0.3, -0.25) is 4.79 Å². The second kappa shape index (κ2) is 5.40. The van der Waals surface area contributed by atoms with Gasteiger partial charge in [-0.2, -0.15) is 0 Å². The number of aromatic amines is 1. The zero-order chi connectivity index (χ0) is 15.7. The molecule has 1 amide bonds. The van der Waals surface area contributed by atoms with Gasteiger partial charge in [-0.25, -0.2) is 13.8 Å². The lowest BCUT2D eigenvalue weighted by Gasteiger charge is -2.04. The van der Waals surface area contributed by atoms with Gasteiger partial charge in [0.05, 0.1) is 0 Å². The topological polar surface area (TPSA) is 71.8 Å². The summed E-state index contributed by atoms with van der Waals surface area (Å²) in [5.74, 6) is -2.33. The van der Waals surface area contributed by atoms with Gasteiger partial charge in [0.2, 0.25) is 5.91 Å². The van der Waals surface area contributed by atoms with Gasteiger partial charge in [-0.05, 0) is 35.9 Å². The molecule has 0 saturated heterocycles. The van der Waals surface area contributed by atoms with Crippen LogP contribution in [-0.4, -0.2) is 15.9 Å². The van der Waals surface area contributed by atoms with Crippen LogP contribution >= 0.6 is 0 Å². The number of nitrogens with zero attached hydrogens (tertiary/aromatic N) is 1. The monoisotopic (exact) mass is 299 g/mol. The molecule has 0 bridgehead atoms. The molecule has 0 atom stereocenters. The average molecular weight is 299 g/mol. The highest BCUT2D eigenvalue weighted by Crippen LogP contribution is 2.24. The molecule has 3 aromatic rings. The SMILES string of the molecule is NC(=O)/C(=C\c1c[nH]c2ncccc12)c1cc(F)cc(F)c1. The molecule has 4 nitrogen and oxygen atoms in total. The van der Waals surface area contributed by atoms with Crippen molar-refractivity contribution in [3.63, 3.8) is 0 Å². The van der Waals surface area contributed by atoms with E-state index in [0.29, 0.717) is 11.2 Å². The normalized spacial score (nSPS) is 11.8. The first-order chi connectivity index (χ1) is 10.5. The molecule has 6 heteroatoms. The van der Waals surface area contributed by atoms with Crippen LogP contribution in [0, 0.1) is 11.6 Å². The van der Waals surface area contributed by atoms with Crippen molar-refractivity contribution in [2.24, 2.45) is 5.73 Å². The standard InChI is InChI=1S/C16H11F2N3O/c17-11-4-9(5-12(18)7-11)14(15(19)22)6-10-8-21-16-13(10)2-1-3-20-16/h1-8H,(H2,19,22)(H,20,21)/b14-6-. The van der Waals surface area contributed by atoms with Gasteiger partial charge in [0, 0.05) is 35.0 Å². The van der Waals surface area contributed by atoms with Crippen LogP contribution in [0.5, 0.6) is 0 Å². The van der Waals surface area contributed by atoms with Gasteiger partial charge in [0.15, 0.2) is 0 Å². The van der Waals surface area contributed by atoms with E-state index in [1.54, 1.807) is 18.5 Å². The number of fused-ring (bicyclic) bond motifs is 1. The second-order valence-electron chi connectivity index (χ2n) is 4.72. The maximum atomic E-state index is 13.3. The molecule has 0 aliphatic rings. The van der Waals surface area contributed by atoms with Crippen LogP contribution in [-0.2, 0) is 4.79 Å². The highest BCUT2D eigenvalue weighted by Gasteiger charge is 2.13. The summed E-state index contributed by atoms with van der Waals surface area (Å²) >= 11 is 0. The maximum Gasteiger partial charge on any atom is 0.249 e. The van der Waals surface area contributed by atoms with Gasteiger partial charge >= 0.3 is 0 Å². The molecule has 22 heavy (non-hydrogen) atoms. The Balaban J connectivity index is 2.17. The Morgan fingerprint density at radius 2 is 1.95 bits per heavy atom. The van der Waals surface area contributed by atoms with Gasteiger partial charge < -0.3 is 10.7 Å². The summed E-state index contributed by atoms with van der Waals surface area (Å²) < 4.78 is 26.7. The third-order valence-corrected chi connectivity index (χ3v) is 3.22. The van der Waals surface area contributed by atoms with Gasteiger partial charge in [-0.15, -0.1) is 0 Å². The summed E-state index contributed by atoms with van der Waals surface area (Å²) in [7, 11) is 0. The number of pyridine rings is 1. The number of H-pyrrole nitrogens is 1. The number of rotatable bonds is 3. The molecule has 0 unspecified atom stereocenters. The largest absolute Gasteiger partial charge is 0.366 e. The second-order valence-corrected chi connectivity index (χ2v) is 4.72. The van der Waals surface area contributed by atoms with Crippen molar-refractivity contribution in [3.05, 3.63) is 65.5 Å². The molecular weight excluding hydrogens is 288 g/mol. The zero-order valence-corrected chi connectivity index (χ0v) is 11.3. The quantitative estimate of drug-likeness (QED) is 0.730. The van der Waals surface area contributed by atoms with E-state index in [0.717, 1.165) is 23.6 Å². The smallest absolute Gasteiger partial charge is 0.249 e. The molecule has 3 N–H and O–H groups in total. The molecule has 0 fully saturated rings. The van der Waals surface area contributed by atoms with Gasteiger partial charge in [-0.1, -0.05) is 0 Å². The minimum Gasteiger partial charge on any atom is -0.366 e. The summed E-state index contributed by atoms with van der Waals surface area (Å²) in [4.78, 5) is 18.8. The van der Waals surface area contributed by atoms with Crippen molar-refractivity contribution in [2.45, 2.75) is 0 Å². The van der Waals surface area contributed by atoms with Gasteiger partial charge in [0.25, 0.3) is 0 Å². The summed E-state index contributed by atoms with van der Waals surface area (Å²) in [5.41, 5.74) is 6.75. The van der Waals surface area contributed by atoms with Crippen molar-refractivity contribution in [2.75, 3.05) is 0 Å². The molecule has 1 aromatic carbocycles. The number of nitrogens with two attached hydrogens (primary N) is 1. The van der Waals surface area contributed by atoms with Crippen LogP contribution in [0.3, 0.4) is 0 Å². The van der Waals surface area contributed by atoms with Crippen LogP contribution in [0.15, 0.2) is 42.7 Å². The van der Waals surface area contributed by atoms with Crippen LogP contribution in [0.25, 0.3) is 22.7 Å². The van der Waals surface area contributed by atoms with Gasteiger partial charge in [0.1, 0.15) is 17.3 Å². The predicted molar refractivity (Wildman–Crippen MR) is 79.5 cm³/mol. The number of primary amides is 1. The number of nitrogens with one attached hydrogen (secondary N) is 1. The third kappa shape index (κ3) is 2.58. The molecular formula is C16H11F2N3O. The van der Waals surface area contributed by atoms with Crippen LogP contribution in [0.1, 0.15) is 11.1 Å². The molecule has 0 aliphatic carbocycles. The fourth-order valence-electron chi connectivity index (χ4n) is 2.26. The molecule has 110 valence electrons. The highest BCUT2D eigenvalue weighted by atomic mass is 19.1. The van der Waals surface area contributed by atoms with E-state index in [9.17, 15) is 13.6 Å². The fraction of sp³-hybridized carbons (Fsp3) is 0. The van der Waals surface area contributed by atoms with E-state index in [2.05, 4.69) is 9.97 Å². The molecule has 0 radical (unpaired) electrons. The zero-order valence-electron chi connectivity index (χ0n) is 11.3. The number of hydrogen-bond acceptors (Lipinski definition) is 2. The minimum absolute atomic E-state index is 0.0168. The number of carbonyl (C=O) groups is 1. The highest BCUT2D eigenvalue weighted by molar-refractivity contribution is 6.24. The Hall–Kier alpha value is -3.02. The molecule has 2 aromatic heterocycles. The Morgan fingerprint density at radius 1 is 1.23 bits per heavy atom. The summed E-state index contributed by atoms with van der Waals surface area (Å²) in [5, 5.41) is 0.776. The lowest BCUT2D eigenvalue weighted by atomic mass is 10.0. The Bertz CT molecular complexity index is 879. The van der Waals surface area contributed by atoms with Crippen LogP contribution in [0.2, 0.25) is 0 Å². The Morgan fingerprint density at radius 3 is 2.64 bits per heavy atom. The van der Waals surface area contributed by atoms with Crippen LogP contribution in [0.4, 0.5) is 8.78 Å². The molecule has 3 rings (SSSR count). The van der Waals surface area contributed by atoms with E-state index in [1.165, 1.54) is 6.08 Å². The van der Waals surface area contributed by atoms with Crippen molar-refractivity contribution in [3.8, 4) is 0 Å². The molecule has 0 aliphatic heterocycles. The van der Waals surface area contributed by atoms with Crippen molar-refractivity contribution >= 4 is 28.6 Å². The summed E-state index contributed by atoms with van der Waals surface area (Å²) in [6.45, 7) is 0. The fourth-order valence-corrected chi connectivity index (χ4v) is 2.26. The lowest BCUT2D eigenvalue weighted by Crippen LogP contribution is -2.13. The Labute approximate surface area is 124 Å². The summed E-state index contributed by atoms with van der Waals surface area (Å²) in [6, 6.07) is 6.42. The third-order valence-electron chi connectivity index (χ3n) is 3.22.